The van der Waals surface area contributed by atoms with E-state index in [1.165, 1.54) is 0 Å². The number of aromatic amines is 1. The van der Waals surface area contributed by atoms with E-state index in [2.05, 4.69) is 29.0 Å². The van der Waals surface area contributed by atoms with Crippen LogP contribution in [0.1, 0.15) is 19.4 Å². The third kappa shape index (κ3) is 2.05. The molecule has 2 aromatic rings. The van der Waals surface area contributed by atoms with Gasteiger partial charge in [0.05, 0.1) is 5.69 Å². The summed E-state index contributed by atoms with van der Waals surface area (Å²) >= 11 is 0. The Bertz CT molecular complexity index is 459. The molecule has 0 atom stereocenters. The van der Waals surface area contributed by atoms with Crippen molar-refractivity contribution in [1.29, 1.82) is 0 Å². The fraction of sp³-hybridized carbons (Fsp3) is 0.333. The summed E-state index contributed by atoms with van der Waals surface area (Å²) in [6, 6.07) is 3.91. The van der Waals surface area contributed by atoms with Crippen LogP contribution in [0.25, 0.3) is 11.3 Å². The SMILES string of the molecule is CC(C)Cc1c(N)n[nH]c1-c1ccncc1. The number of pyridine rings is 1. The lowest BCUT2D eigenvalue weighted by atomic mass is 10.00. The zero-order valence-corrected chi connectivity index (χ0v) is 9.57. The molecule has 2 aromatic heterocycles. The molecule has 0 aromatic carbocycles. The van der Waals surface area contributed by atoms with Crippen LogP contribution >= 0.6 is 0 Å². The third-order valence-corrected chi connectivity index (χ3v) is 2.48. The molecule has 16 heavy (non-hydrogen) atoms. The molecule has 4 heteroatoms. The van der Waals surface area contributed by atoms with Crippen molar-refractivity contribution in [2.45, 2.75) is 20.3 Å². The topological polar surface area (TPSA) is 67.6 Å². The Kier molecular flexibility index (Phi) is 2.90. The number of hydrogen-bond acceptors (Lipinski definition) is 3. The predicted molar refractivity (Wildman–Crippen MR) is 64.8 cm³/mol. The maximum atomic E-state index is 5.87. The van der Waals surface area contributed by atoms with Gasteiger partial charge in [0.25, 0.3) is 0 Å². The molecule has 3 N–H and O–H groups in total. The molecule has 0 unspecified atom stereocenters. The summed E-state index contributed by atoms with van der Waals surface area (Å²) in [5, 5.41) is 7.07. The Morgan fingerprint density at radius 2 is 2.00 bits per heavy atom. The van der Waals surface area contributed by atoms with Crippen molar-refractivity contribution in [3.8, 4) is 11.3 Å². The number of nitrogen functional groups attached to an aromatic ring is 1. The first-order valence-corrected chi connectivity index (χ1v) is 5.41. The minimum atomic E-state index is 0.556. The van der Waals surface area contributed by atoms with Crippen molar-refractivity contribution >= 4 is 5.82 Å². The number of H-pyrrole nitrogens is 1. The van der Waals surface area contributed by atoms with Gasteiger partial charge in [0.2, 0.25) is 0 Å². The Hall–Kier alpha value is -1.84. The first-order valence-electron chi connectivity index (χ1n) is 5.41. The molecule has 84 valence electrons. The van der Waals surface area contributed by atoms with Crippen LogP contribution < -0.4 is 5.73 Å². The van der Waals surface area contributed by atoms with E-state index in [9.17, 15) is 0 Å². The Balaban J connectivity index is 2.42. The minimum absolute atomic E-state index is 0.556. The highest BCUT2D eigenvalue weighted by Gasteiger charge is 2.13. The molecule has 0 aliphatic carbocycles. The van der Waals surface area contributed by atoms with Crippen molar-refractivity contribution in [2.24, 2.45) is 5.92 Å². The van der Waals surface area contributed by atoms with Gasteiger partial charge in [-0.25, -0.2) is 0 Å². The highest BCUT2D eigenvalue weighted by atomic mass is 15.2. The van der Waals surface area contributed by atoms with Gasteiger partial charge in [-0.05, 0) is 24.5 Å². The summed E-state index contributed by atoms with van der Waals surface area (Å²) in [6.45, 7) is 4.34. The van der Waals surface area contributed by atoms with Crippen LogP contribution in [0.15, 0.2) is 24.5 Å². The third-order valence-electron chi connectivity index (χ3n) is 2.48. The summed E-state index contributed by atoms with van der Waals surface area (Å²) in [7, 11) is 0. The maximum absolute atomic E-state index is 5.87. The summed E-state index contributed by atoms with van der Waals surface area (Å²) in [5.74, 6) is 1.15. The highest BCUT2D eigenvalue weighted by molar-refractivity contribution is 5.67. The van der Waals surface area contributed by atoms with Gasteiger partial charge in [-0.15, -0.1) is 0 Å². The molecular formula is C12H16N4. The fourth-order valence-electron chi connectivity index (χ4n) is 1.75. The number of anilines is 1. The van der Waals surface area contributed by atoms with Crippen molar-refractivity contribution < 1.29 is 0 Å². The smallest absolute Gasteiger partial charge is 0.149 e. The lowest BCUT2D eigenvalue weighted by Gasteiger charge is -2.06. The van der Waals surface area contributed by atoms with Gasteiger partial charge in [-0.3, -0.25) is 10.1 Å². The van der Waals surface area contributed by atoms with Crippen LogP contribution in [0.3, 0.4) is 0 Å². The lowest BCUT2D eigenvalue weighted by molar-refractivity contribution is 0.649. The number of nitrogens with zero attached hydrogens (tertiary/aromatic N) is 2. The normalized spacial score (nSPS) is 10.9. The second kappa shape index (κ2) is 4.35. The molecule has 0 saturated heterocycles. The van der Waals surface area contributed by atoms with E-state index in [4.69, 9.17) is 5.73 Å². The molecule has 2 heterocycles. The second-order valence-corrected chi connectivity index (χ2v) is 4.30. The van der Waals surface area contributed by atoms with Gasteiger partial charge in [-0.1, -0.05) is 13.8 Å². The lowest BCUT2D eigenvalue weighted by Crippen LogP contribution is -1.99. The van der Waals surface area contributed by atoms with Gasteiger partial charge in [0.15, 0.2) is 0 Å². The molecule has 0 aliphatic heterocycles. The van der Waals surface area contributed by atoms with Gasteiger partial charge in [0, 0.05) is 23.5 Å². The van der Waals surface area contributed by atoms with Gasteiger partial charge in [0.1, 0.15) is 5.82 Å². The average Bonchev–Trinajstić information content (AvgIpc) is 2.61. The van der Waals surface area contributed by atoms with E-state index in [0.29, 0.717) is 11.7 Å². The maximum Gasteiger partial charge on any atom is 0.149 e. The Morgan fingerprint density at radius 3 is 2.62 bits per heavy atom. The second-order valence-electron chi connectivity index (χ2n) is 4.30. The van der Waals surface area contributed by atoms with Crippen molar-refractivity contribution in [2.75, 3.05) is 5.73 Å². The van der Waals surface area contributed by atoms with E-state index < -0.39 is 0 Å². The number of rotatable bonds is 3. The molecule has 0 radical (unpaired) electrons. The van der Waals surface area contributed by atoms with Crippen molar-refractivity contribution in [1.82, 2.24) is 15.2 Å². The van der Waals surface area contributed by atoms with E-state index in [1.807, 2.05) is 12.1 Å². The fourth-order valence-corrected chi connectivity index (χ4v) is 1.75. The monoisotopic (exact) mass is 216 g/mol. The average molecular weight is 216 g/mol. The van der Waals surface area contributed by atoms with Crippen molar-refractivity contribution in [3.63, 3.8) is 0 Å². The summed E-state index contributed by atoms with van der Waals surface area (Å²) in [5.41, 5.74) is 9.05. The van der Waals surface area contributed by atoms with Gasteiger partial charge >= 0.3 is 0 Å². The van der Waals surface area contributed by atoms with Crippen molar-refractivity contribution in [3.05, 3.63) is 30.1 Å². The van der Waals surface area contributed by atoms with Crippen LogP contribution in [0, 0.1) is 5.92 Å². The van der Waals surface area contributed by atoms with E-state index in [1.54, 1.807) is 12.4 Å². The molecule has 2 rings (SSSR count). The number of nitrogens with two attached hydrogens (primary N) is 1. The van der Waals surface area contributed by atoms with Gasteiger partial charge in [-0.2, -0.15) is 5.10 Å². The molecule has 0 bridgehead atoms. The predicted octanol–water partition coefficient (Wildman–Crippen LogP) is 2.25. The Morgan fingerprint density at radius 1 is 1.31 bits per heavy atom. The van der Waals surface area contributed by atoms with E-state index >= 15 is 0 Å². The number of aromatic nitrogens is 3. The minimum Gasteiger partial charge on any atom is -0.382 e. The molecule has 0 spiro atoms. The molecule has 0 aliphatic rings. The largest absolute Gasteiger partial charge is 0.382 e. The summed E-state index contributed by atoms with van der Waals surface area (Å²) in [6.07, 6.45) is 4.47. The first kappa shape index (κ1) is 10.7. The highest BCUT2D eigenvalue weighted by Crippen LogP contribution is 2.26. The van der Waals surface area contributed by atoms with E-state index in [0.717, 1.165) is 23.2 Å². The molecule has 0 fully saturated rings. The number of hydrogen-bond donors (Lipinski definition) is 2. The number of nitrogens with one attached hydrogen (secondary N) is 1. The van der Waals surface area contributed by atoms with Crippen LogP contribution in [0.4, 0.5) is 5.82 Å². The van der Waals surface area contributed by atoms with Gasteiger partial charge < -0.3 is 5.73 Å². The Labute approximate surface area is 94.9 Å². The molecule has 0 amide bonds. The molecular weight excluding hydrogens is 200 g/mol. The van der Waals surface area contributed by atoms with Crippen LogP contribution in [-0.4, -0.2) is 15.2 Å². The van der Waals surface area contributed by atoms with Crippen LogP contribution in [0.2, 0.25) is 0 Å². The quantitative estimate of drug-likeness (QED) is 0.826. The first-order chi connectivity index (χ1) is 7.68. The zero-order chi connectivity index (χ0) is 11.5. The van der Waals surface area contributed by atoms with Crippen LogP contribution in [-0.2, 0) is 6.42 Å². The summed E-state index contributed by atoms with van der Waals surface area (Å²) < 4.78 is 0. The standard InChI is InChI=1S/C12H16N4/c1-8(2)7-10-11(15-16-12(10)13)9-3-5-14-6-4-9/h3-6,8H,7H2,1-2H3,(H3,13,15,16). The van der Waals surface area contributed by atoms with E-state index in [-0.39, 0.29) is 0 Å². The summed E-state index contributed by atoms with van der Waals surface area (Å²) in [4.78, 5) is 4.00. The molecule has 4 nitrogen and oxygen atoms in total. The molecule has 0 saturated carbocycles. The van der Waals surface area contributed by atoms with Crippen LogP contribution in [0.5, 0.6) is 0 Å². The zero-order valence-electron chi connectivity index (χ0n) is 9.57.